The van der Waals surface area contributed by atoms with Gasteiger partial charge in [0, 0.05) is 34.8 Å². The van der Waals surface area contributed by atoms with Crippen LogP contribution in [0.1, 0.15) is 23.6 Å². The fraction of sp³-hybridized carbons (Fsp3) is 0.0952. The quantitative estimate of drug-likeness (QED) is 0.636. The Balaban J connectivity index is 2.04. The minimum absolute atomic E-state index is 0.395. The second kappa shape index (κ2) is 6.39. The third kappa shape index (κ3) is 2.59. The molecule has 1 atom stereocenters. The van der Waals surface area contributed by atoms with Crippen LogP contribution in [0.5, 0.6) is 0 Å². The maximum Gasteiger partial charge on any atom is 0.304 e. The highest BCUT2D eigenvalue weighted by Gasteiger charge is 2.49. The van der Waals surface area contributed by atoms with Crippen molar-refractivity contribution in [1.82, 2.24) is 4.98 Å². The van der Waals surface area contributed by atoms with Crippen LogP contribution in [-0.4, -0.2) is 16.7 Å². The Hall–Kier alpha value is -2.98. The van der Waals surface area contributed by atoms with Crippen molar-refractivity contribution in [3.05, 3.63) is 94.8 Å². The number of esters is 1. The lowest BCUT2D eigenvalue weighted by molar-refractivity contribution is -0.148. The van der Waals surface area contributed by atoms with E-state index in [2.05, 4.69) is 4.98 Å². The number of nitrogens with zero attached hydrogens (tertiary/aromatic N) is 2. The van der Waals surface area contributed by atoms with Gasteiger partial charge in [-0.25, -0.2) is 4.99 Å². The second-order valence-electron chi connectivity index (χ2n) is 6.00. The van der Waals surface area contributed by atoms with E-state index in [1.165, 1.54) is 6.92 Å². The standard InChI is InChI=1S/C21H15ClN2O2/c1-14(25)26-21(16-7-3-2-4-8-16)18-10-11-23-13-19(18)24-20(21)15-6-5-9-17(22)12-15/h2-13H,1H3. The number of halogens is 1. The van der Waals surface area contributed by atoms with Gasteiger partial charge >= 0.3 is 5.97 Å². The lowest BCUT2D eigenvalue weighted by Gasteiger charge is -2.32. The van der Waals surface area contributed by atoms with E-state index in [0.29, 0.717) is 16.4 Å². The van der Waals surface area contributed by atoms with E-state index in [-0.39, 0.29) is 0 Å². The molecule has 1 aromatic heterocycles. The lowest BCUT2D eigenvalue weighted by Crippen LogP contribution is -2.39. The number of aromatic nitrogens is 1. The number of benzene rings is 2. The van der Waals surface area contributed by atoms with E-state index in [9.17, 15) is 4.79 Å². The summed E-state index contributed by atoms with van der Waals surface area (Å²) in [5, 5.41) is 0.587. The third-order valence-corrected chi connectivity index (χ3v) is 4.56. The first-order valence-electron chi connectivity index (χ1n) is 8.16. The average Bonchev–Trinajstić information content (AvgIpc) is 2.97. The molecule has 0 saturated heterocycles. The molecule has 128 valence electrons. The van der Waals surface area contributed by atoms with Gasteiger partial charge in [0.25, 0.3) is 0 Å². The van der Waals surface area contributed by atoms with Crippen LogP contribution in [-0.2, 0) is 15.1 Å². The number of carbonyl (C=O) groups is 1. The number of aliphatic imine (C=N–C) groups is 1. The summed E-state index contributed by atoms with van der Waals surface area (Å²) in [7, 11) is 0. The first kappa shape index (κ1) is 16.5. The lowest BCUT2D eigenvalue weighted by atomic mass is 9.81. The summed E-state index contributed by atoms with van der Waals surface area (Å²) in [5.41, 5.74) is 2.54. The summed E-state index contributed by atoms with van der Waals surface area (Å²) < 4.78 is 5.98. The van der Waals surface area contributed by atoms with Gasteiger partial charge in [0.05, 0.1) is 11.9 Å². The largest absolute Gasteiger partial charge is 0.443 e. The van der Waals surface area contributed by atoms with Gasteiger partial charge in [-0.15, -0.1) is 0 Å². The van der Waals surface area contributed by atoms with Crippen LogP contribution in [0.15, 0.2) is 78.0 Å². The number of hydrogen-bond donors (Lipinski definition) is 0. The zero-order chi connectivity index (χ0) is 18.1. The van der Waals surface area contributed by atoms with Crippen molar-refractivity contribution < 1.29 is 9.53 Å². The van der Waals surface area contributed by atoms with Crippen molar-refractivity contribution in [2.24, 2.45) is 4.99 Å². The fourth-order valence-corrected chi connectivity index (χ4v) is 3.54. The molecule has 0 radical (unpaired) electrons. The van der Waals surface area contributed by atoms with E-state index in [1.54, 1.807) is 18.5 Å². The number of carbonyl (C=O) groups excluding carboxylic acids is 1. The highest BCUT2D eigenvalue weighted by Crippen LogP contribution is 2.47. The van der Waals surface area contributed by atoms with Crippen LogP contribution in [0.2, 0.25) is 5.02 Å². The second-order valence-corrected chi connectivity index (χ2v) is 6.44. The summed E-state index contributed by atoms with van der Waals surface area (Å²) in [4.78, 5) is 21.0. The number of rotatable bonds is 3. The maximum atomic E-state index is 12.1. The monoisotopic (exact) mass is 362 g/mol. The molecule has 2 heterocycles. The molecule has 0 N–H and O–H groups in total. The van der Waals surface area contributed by atoms with Gasteiger partial charge in [-0.1, -0.05) is 54.1 Å². The fourth-order valence-electron chi connectivity index (χ4n) is 3.35. The summed E-state index contributed by atoms with van der Waals surface area (Å²) in [6.45, 7) is 1.40. The highest BCUT2D eigenvalue weighted by molar-refractivity contribution is 6.31. The van der Waals surface area contributed by atoms with Crippen molar-refractivity contribution >= 4 is 29.0 Å². The molecular formula is C21H15ClN2O2. The van der Waals surface area contributed by atoms with Crippen LogP contribution in [0.3, 0.4) is 0 Å². The molecule has 0 saturated carbocycles. The molecule has 0 aliphatic carbocycles. The van der Waals surface area contributed by atoms with Crippen LogP contribution in [0, 0.1) is 0 Å². The van der Waals surface area contributed by atoms with Gasteiger partial charge in [0.1, 0.15) is 5.71 Å². The molecular weight excluding hydrogens is 348 g/mol. The van der Waals surface area contributed by atoms with Gasteiger partial charge in [0.2, 0.25) is 5.60 Å². The van der Waals surface area contributed by atoms with Gasteiger partial charge in [-0.3, -0.25) is 9.78 Å². The molecule has 0 bridgehead atoms. The predicted molar refractivity (Wildman–Crippen MR) is 101 cm³/mol. The van der Waals surface area contributed by atoms with Gasteiger partial charge in [-0.2, -0.15) is 0 Å². The first-order chi connectivity index (χ1) is 12.6. The topological polar surface area (TPSA) is 51.5 Å². The molecule has 0 fully saturated rings. The zero-order valence-electron chi connectivity index (χ0n) is 14.0. The molecule has 4 nitrogen and oxygen atoms in total. The Labute approximate surface area is 156 Å². The van der Waals surface area contributed by atoms with E-state index >= 15 is 0 Å². The molecule has 2 aromatic carbocycles. The highest BCUT2D eigenvalue weighted by atomic mass is 35.5. The Bertz CT molecular complexity index is 1020. The molecule has 4 rings (SSSR count). The molecule has 1 unspecified atom stereocenters. The Morgan fingerprint density at radius 2 is 1.88 bits per heavy atom. The van der Waals surface area contributed by atoms with Crippen molar-refractivity contribution in [2.75, 3.05) is 0 Å². The smallest absolute Gasteiger partial charge is 0.304 e. The molecule has 3 aromatic rings. The molecule has 1 aliphatic rings. The van der Waals surface area contributed by atoms with Crippen LogP contribution >= 0.6 is 11.6 Å². The SMILES string of the molecule is CC(=O)OC1(c2ccccc2)C(c2cccc(Cl)c2)=Nc2cnccc21. The van der Waals surface area contributed by atoms with Crippen molar-refractivity contribution in [2.45, 2.75) is 12.5 Å². The number of ether oxygens (including phenoxy) is 1. The third-order valence-electron chi connectivity index (χ3n) is 4.32. The average molecular weight is 363 g/mol. The van der Waals surface area contributed by atoms with E-state index < -0.39 is 11.6 Å². The van der Waals surface area contributed by atoms with Crippen LogP contribution < -0.4 is 0 Å². The minimum Gasteiger partial charge on any atom is -0.443 e. The van der Waals surface area contributed by atoms with Crippen LogP contribution in [0.25, 0.3) is 0 Å². The van der Waals surface area contributed by atoms with Crippen molar-refractivity contribution in [1.29, 1.82) is 0 Å². The zero-order valence-corrected chi connectivity index (χ0v) is 14.8. The normalized spacial score (nSPS) is 18.2. The van der Waals surface area contributed by atoms with Gasteiger partial charge < -0.3 is 4.74 Å². The van der Waals surface area contributed by atoms with Gasteiger partial charge in [-0.05, 0) is 18.2 Å². The van der Waals surface area contributed by atoms with E-state index in [1.807, 2.05) is 54.6 Å². The maximum absolute atomic E-state index is 12.1. The molecule has 26 heavy (non-hydrogen) atoms. The number of fused-ring (bicyclic) bond motifs is 1. The molecule has 0 amide bonds. The summed E-state index contributed by atoms with van der Waals surface area (Å²) in [5.74, 6) is -0.395. The van der Waals surface area contributed by atoms with E-state index in [4.69, 9.17) is 21.3 Å². The summed E-state index contributed by atoms with van der Waals surface area (Å²) >= 11 is 6.20. The molecule has 0 spiro atoms. The van der Waals surface area contributed by atoms with Gasteiger partial charge in [0.15, 0.2) is 0 Å². The Morgan fingerprint density at radius 3 is 2.62 bits per heavy atom. The van der Waals surface area contributed by atoms with Crippen LogP contribution in [0.4, 0.5) is 5.69 Å². The molecule has 5 heteroatoms. The van der Waals surface area contributed by atoms with Crippen molar-refractivity contribution in [3.63, 3.8) is 0 Å². The minimum atomic E-state index is -1.14. The van der Waals surface area contributed by atoms with Crippen molar-refractivity contribution in [3.8, 4) is 0 Å². The summed E-state index contributed by atoms with van der Waals surface area (Å²) in [6.07, 6.45) is 3.35. The Morgan fingerprint density at radius 1 is 1.08 bits per heavy atom. The van der Waals surface area contributed by atoms with E-state index in [0.717, 1.165) is 16.7 Å². The molecule has 1 aliphatic heterocycles. The number of hydrogen-bond acceptors (Lipinski definition) is 4. The Kier molecular flexibility index (Phi) is 4.05. The summed E-state index contributed by atoms with van der Waals surface area (Å²) in [6, 6.07) is 18.8. The first-order valence-corrected chi connectivity index (χ1v) is 8.54. The number of pyridine rings is 1. The predicted octanol–water partition coefficient (Wildman–Crippen LogP) is 4.68.